The van der Waals surface area contributed by atoms with E-state index in [1.165, 1.54) is 5.56 Å². The fourth-order valence-corrected chi connectivity index (χ4v) is 3.45. The molecule has 24 heavy (non-hydrogen) atoms. The standard InChI is InChI=1S/C18H25F3N2O/c1-13-10-23(12-15-6-4-3-5-7-15)11-14(2)17(13)22-16(24)8-9-18(19,20)21/h3-7,13-14,17H,8-12H2,1-2H3,(H,22,24). The smallest absolute Gasteiger partial charge is 0.353 e. The lowest BCUT2D eigenvalue weighted by atomic mass is 9.85. The third-order valence-electron chi connectivity index (χ3n) is 4.53. The van der Waals surface area contributed by atoms with Crippen LogP contribution in [0.5, 0.6) is 0 Å². The maximum Gasteiger partial charge on any atom is 0.389 e. The first-order chi connectivity index (χ1) is 11.2. The summed E-state index contributed by atoms with van der Waals surface area (Å²) in [7, 11) is 0. The van der Waals surface area contributed by atoms with Crippen molar-refractivity contribution in [3.05, 3.63) is 35.9 Å². The number of rotatable bonds is 5. The molecule has 0 aromatic heterocycles. The summed E-state index contributed by atoms with van der Waals surface area (Å²) < 4.78 is 36.7. The molecule has 6 heteroatoms. The minimum atomic E-state index is -4.28. The van der Waals surface area contributed by atoms with E-state index in [2.05, 4.69) is 22.3 Å². The average Bonchev–Trinajstić information content (AvgIpc) is 2.49. The molecule has 2 atom stereocenters. The number of nitrogens with one attached hydrogen (secondary N) is 1. The molecule has 1 heterocycles. The molecule has 1 fully saturated rings. The maximum atomic E-state index is 12.2. The first kappa shape index (κ1) is 18.8. The number of nitrogens with zero attached hydrogens (tertiary/aromatic N) is 1. The van der Waals surface area contributed by atoms with Crippen LogP contribution in [-0.4, -0.2) is 36.1 Å². The van der Waals surface area contributed by atoms with Crippen molar-refractivity contribution in [1.29, 1.82) is 0 Å². The Morgan fingerprint density at radius 2 is 1.75 bits per heavy atom. The number of likely N-dealkylation sites (tertiary alicyclic amines) is 1. The number of carbonyl (C=O) groups is 1. The van der Waals surface area contributed by atoms with E-state index < -0.39 is 24.9 Å². The van der Waals surface area contributed by atoms with Crippen LogP contribution in [0.3, 0.4) is 0 Å². The van der Waals surface area contributed by atoms with Gasteiger partial charge in [0.1, 0.15) is 0 Å². The van der Waals surface area contributed by atoms with E-state index >= 15 is 0 Å². The summed E-state index contributed by atoms with van der Waals surface area (Å²) in [6.07, 6.45) is -5.84. The zero-order chi connectivity index (χ0) is 17.7. The van der Waals surface area contributed by atoms with Gasteiger partial charge in [-0.1, -0.05) is 44.2 Å². The average molecular weight is 342 g/mol. The van der Waals surface area contributed by atoms with Crippen LogP contribution >= 0.6 is 0 Å². The molecule has 1 aromatic rings. The molecule has 1 aliphatic rings. The number of hydrogen-bond acceptors (Lipinski definition) is 2. The third kappa shape index (κ3) is 5.82. The van der Waals surface area contributed by atoms with Crippen molar-refractivity contribution >= 4 is 5.91 Å². The number of carbonyl (C=O) groups excluding carboxylic acids is 1. The van der Waals surface area contributed by atoms with Crippen molar-refractivity contribution in [3.63, 3.8) is 0 Å². The monoisotopic (exact) mass is 342 g/mol. The minimum Gasteiger partial charge on any atom is -0.353 e. The molecule has 3 nitrogen and oxygen atoms in total. The predicted octanol–water partition coefficient (Wildman–Crippen LogP) is 3.60. The van der Waals surface area contributed by atoms with Crippen molar-refractivity contribution in [2.75, 3.05) is 13.1 Å². The number of benzene rings is 1. The second kappa shape index (κ2) is 8.01. The second-order valence-corrected chi connectivity index (χ2v) is 6.84. The van der Waals surface area contributed by atoms with Crippen LogP contribution in [0.4, 0.5) is 13.2 Å². The van der Waals surface area contributed by atoms with Crippen molar-refractivity contribution in [1.82, 2.24) is 10.2 Å². The molecule has 1 N–H and O–H groups in total. The molecule has 0 saturated carbocycles. The molecule has 0 radical (unpaired) electrons. The molecule has 1 amide bonds. The summed E-state index contributed by atoms with van der Waals surface area (Å²) in [6, 6.07) is 10.1. The van der Waals surface area contributed by atoms with Gasteiger partial charge in [-0.2, -0.15) is 13.2 Å². The highest BCUT2D eigenvalue weighted by Gasteiger charge is 2.34. The van der Waals surface area contributed by atoms with E-state index in [4.69, 9.17) is 0 Å². The van der Waals surface area contributed by atoms with Crippen molar-refractivity contribution in [2.24, 2.45) is 11.8 Å². The maximum absolute atomic E-state index is 12.2. The van der Waals surface area contributed by atoms with Crippen LogP contribution in [-0.2, 0) is 11.3 Å². The quantitative estimate of drug-likeness (QED) is 0.887. The molecule has 1 saturated heterocycles. The van der Waals surface area contributed by atoms with Crippen molar-refractivity contribution in [3.8, 4) is 0 Å². The van der Waals surface area contributed by atoms with Crippen LogP contribution in [0.15, 0.2) is 30.3 Å². The highest BCUT2D eigenvalue weighted by Crippen LogP contribution is 2.25. The van der Waals surface area contributed by atoms with E-state index in [0.29, 0.717) is 0 Å². The molecule has 0 aliphatic carbocycles. The van der Waals surface area contributed by atoms with Gasteiger partial charge in [-0.25, -0.2) is 0 Å². The minimum absolute atomic E-state index is 0.0715. The number of alkyl halides is 3. The van der Waals surface area contributed by atoms with Gasteiger partial charge in [-0.05, 0) is 17.4 Å². The molecule has 0 bridgehead atoms. The number of halogens is 3. The highest BCUT2D eigenvalue weighted by molar-refractivity contribution is 5.76. The van der Waals surface area contributed by atoms with Gasteiger partial charge in [-0.3, -0.25) is 9.69 Å². The Kier molecular flexibility index (Phi) is 6.27. The highest BCUT2D eigenvalue weighted by atomic mass is 19.4. The van der Waals surface area contributed by atoms with E-state index in [1.807, 2.05) is 32.0 Å². The van der Waals surface area contributed by atoms with E-state index in [-0.39, 0.29) is 17.9 Å². The summed E-state index contributed by atoms with van der Waals surface area (Å²) in [5, 5.41) is 2.81. The Hall–Kier alpha value is -1.56. The van der Waals surface area contributed by atoms with Gasteiger partial charge >= 0.3 is 6.18 Å². The lowest BCUT2D eigenvalue weighted by Gasteiger charge is -2.41. The van der Waals surface area contributed by atoms with Crippen LogP contribution in [0.1, 0.15) is 32.3 Å². The Morgan fingerprint density at radius 3 is 2.29 bits per heavy atom. The molecule has 0 spiro atoms. The molecule has 2 rings (SSSR count). The zero-order valence-corrected chi connectivity index (χ0v) is 14.1. The fourth-order valence-electron chi connectivity index (χ4n) is 3.45. The van der Waals surface area contributed by atoms with Crippen LogP contribution < -0.4 is 5.32 Å². The lowest BCUT2D eigenvalue weighted by Crippen LogP contribution is -2.54. The molecule has 134 valence electrons. The van der Waals surface area contributed by atoms with Gasteiger partial charge in [0, 0.05) is 32.1 Å². The van der Waals surface area contributed by atoms with Gasteiger partial charge in [-0.15, -0.1) is 0 Å². The number of piperidine rings is 1. The zero-order valence-electron chi connectivity index (χ0n) is 14.1. The van der Waals surface area contributed by atoms with Gasteiger partial charge in [0.05, 0.1) is 6.42 Å². The van der Waals surface area contributed by atoms with E-state index in [9.17, 15) is 18.0 Å². The summed E-state index contributed by atoms with van der Waals surface area (Å²) >= 11 is 0. The van der Waals surface area contributed by atoms with Gasteiger partial charge in [0.25, 0.3) is 0 Å². The summed E-state index contributed by atoms with van der Waals surface area (Å²) in [4.78, 5) is 14.1. The SMILES string of the molecule is CC1CN(Cc2ccccc2)CC(C)C1NC(=O)CCC(F)(F)F. The first-order valence-corrected chi connectivity index (χ1v) is 8.37. The summed E-state index contributed by atoms with van der Waals surface area (Å²) in [5.41, 5.74) is 1.24. The summed E-state index contributed by atoms with van der Waals surface area (Å²) in [6.45, 7) is 6.59. The first-order valence-electron chi connectivity index (χ1n) is 8.37. The Labute approximate surface area is 141 Å². The fraction of sp³-hybridized carbons (Fsp3) is 0.611. The second-order valence-electron chi connectivity index (χ2n) is 6.84. The van der Waals surface area contributed by atoms with Crippen LogP contribution in [0.25, 0.3) is 0 Å². The van der Waals surface area contributed by atoms with Crippen molar-refractivity contribution in [2.45, 2.75) is 45.5 Å². The van der Waals surface area contributed by atoms with Crippen LogP contribution in [0, 0.1) is 11.8 Å². The number of amides is 1. The largest absolute Gasteiger partial charge is 0.389 e. The van der Waals surface area contributed by atoms with Gasteiger partial charge in [0.15, 0.2) is 0 Å². The summed E-state index contributed by atoms with van der Waals surface area (Å²) in [5.74, 6) is -0.105. The molecule has 1 aliphatic heterocycles. The topological polar surface area (TPSA) is 32.3 Å². The Morgan fingerprint density at radius 1 is 1.17 bits per heavy atom. The van der Waals surface area contributed by atoms with E-state index in [0.717, 1.165) is 19.6 Å². The normalized spacial score (nSPS) is 25.5. The predicted molar refractivity (Wildman–Crippen MR) is 87.3 cm³/mol. The molecular weight excluding hydrogens is 317 g/mol. The lowest BCUT2D eigenvalue weighted by molar-refractivity contribution is -0.144. The number of hydrogen-bond donors (Lipinski definition) is 1. The third-order valence-corrected chi connectivity index (χ3v) is 4.53. The van der Waals surface area contributed by atoms with E-state index in [1.54, 1.807) is 0 Å². The van der Waals surface area contributed by atoms with Crippen molar-refractivity contribution < 1.29 is 18.0 Å². The van der Waals surface area contributed by atoms with Crippen LogP contribution in [0.2, 0.25) is 0 Å². The Bertz CT molecular complexity index is 521. The Balaban J connectivity index is 1.85. The van der Waals surface area contributed by atoms with Gasteiger partial charge in [0.2, 0.25) is 5.91 Å². The van der Waals surface area contributed by atoms with Gasteiger partial charge < -0.3 is 5.32 Å². The molecule has 2 unspecified atom stereocenters. The molecular formula is C18H25F3N2O. The molecule has 1 aromatic carbocycles.